The van der Waals surface area contributed by atoms with Gasteiger partial charge in [0.15, 0.2) is 0 Å². The third-order valence-corrected chi connectivity index (χ3v) is 1.27. The zero-order valence-corrected chi connectivity index (χ0v) is 8.61. The van der Waals surface area contributed by atoms with E-state index in [1.54, 1.807) is 12.1 Å². The number of amides is 1. The fourth-order valence-electron chi connectivity index (χ4n) is 0.794. The van der Waals surface area contributed by atoms with Crippen molar-refractivity contribution in [1.29, 1.82) is 0 Å². The van der Waals surface area contributed by atoms with Crippen molar-refractivity contribution in [2.45, 2.75) is 0 Å². The van der Waals surface area contributed by atoms with E-state index in [-0.39, 0.29) is 29.5 Å². The van der Waals surface area contributed by atoms with Gasteiger partial charge in [0.1, 0.15) is 6.61 Å². The van der Waals surface area contributed by atoms with Gasteiger partial charge >= 0.3 is 0 Å². The van der Waals surface area contributed by atoms with Crippen molar-refractivity contribution >= 4 is 28.6 Å². The maximum atomic E-state index is 10.9. The normalized spacial score (nSPS) is 8.69. The number of rotatable bonds is 3. The minimum Gasteiger partial charge on any atom is -0.324 e. The lowest BCUT2D eigenvalue weighted by molar-refractivity contribution is -0.120. The van der Waals surface area contributed by atoms with Crippen molar-refractivity contribution in [1.82, 2.24) is 0 Å². The third-order valence-electron chi connectivity index (χ3n) is 1.27. The van der Waals surface area contributed by atoms with Crippen LogP contribution in [0.5, 0.6) is 0 Å². The Morgan fingerprint density at radius 3 is 2.54 bits per heavy atom. The topological polar surface area (TPSA) is 64.3 Å². The molecule has 0 heterocycles. The molecule has 1 aromatic rings. The van der Waals surface area contributed by atoms with Gasteiger partial charge in [-0.3, -0.25) is 9.63 Å². The molecule has 0 aromatic heterocycles. The molecule has 0 aliphatic heterocycles. The summed E-state index contributed by atoms with van der Waals surface area (Å²) in [7, 11) is 0. The molecule has 13 heavy (non-hydrogen) atoms. The minimum atomic E-state index is -0.260. The van der Waals surface area contributed by atoms with Crippen LogP contribution in [0.3, 0.4) is 0 Å². The summed E-state index contributed by atoms with van der Waals surface area (Å²) in [5.41, 5.74) is 0.736. The Bertz CT molecular complexity index is 254. The van der Waals surface area contributed by atoms with Crippen LogP contribution in [0.15, 0.2) is 30.3 Å². The van der Waals surface area contributed by atoms with Crippen molar-refractivity contribution in [2.24, 2.45) is 5.90 Å². The molecule has 0 aliphatic carbocycles. The SMILES string of the molecule is Br.NOCC(=O)Nc1ccccc1. The fraction of sp³-hybridized carbons (Fsp3) is 0.125. The van der Waals surface area contributed by atoms with Crippen molar-refractivity contribution in [3.8, 4) is 0 Å². The average molecular weight is 247 g/mol. The summed E-state index contributed by atoms with van der Waals surface area (Å²) in [6.07, 6.45) is 0. The van der Waals surface area contributed by atoms with E-state index in [4.69, 9.17) is 5.90 Å². The number of hydrogen-bond acceptors (Lipinski definition) is 3. The standard InChI is InChI=1S/C8H10N2O2.BrH/c9-12-6-8(11)10-7-4-2-1-3-5-7;/h1-5H,6,9H2,(H,10,11);1H. The van der Waals surface area contributed by atoms with Gasteiger partial charge in [0, 0.05) is 5.69 Å². The smallest absolute Gasteiger partial charge is 0.252 e. The van der Waals surface area contributed by atoms with Crippen LogP contribution in [0.25, 0.3) is 0 Å². The van der Waals surface area contributed by atoms with E-state index < -0.39 is 0 Å². The van der Waals surface area contributed by atoms with E-state index in [1.165, 1.54) is 0 Å². The highest BCUT2D eigenvalue weighted by Crippen LogP contribution is 2.03. The lowest BCUT2D eigenvalue weighted by Gasteiger charge is -2.02. The average Bonchev–Trinajstić information content (AvgIpc) is 2.06. The monoisotopic (exact) mass is 246 g/mol. The molecule has 0 bridgehead atoms. The molecule has 3 N–H and O–H groups in total. The lowest BCUT2D eigenvalue weighted by atomic mass is 10.3. The fourth-order valence-corrected chi connectivity index (χ4v) is 0.794. The summed E-state index contributed by atoms with van der Waals surface area (Å²) in [6, 6.07) is 9.11. The molecular weight excluding hydrogens is 236 g/mol. The second-order valence-corrected chi connectivity index (χ2v) is 2.23. The summed E-state index contributed by atoms with van der Waals surface area (Å²) >= 11 is 0. The third kappa shape index (κ3) is 4.62. The molecule has 4 nitrogen and oxygen atoms in total. The van der Waals surface area contributed by atoms with Gasteiger partial charge < -0.3 is 5.32 Å². The number of hydrogen-bond donors (Lipinski definition) is 2. The number of halogens is 1. The number of benzene rings is 1. The number of carbonyl (C=O) groups is 1. The summed E-state index contributed by atoms with van der Waals surface area (Å²) in [5, 5.41) is 2.60. The van der Waals surface area contributed by atoms with E-state index in [0.717, 1.165) is 5.69 Å². The molecule has 0 unspecified atom stereocenters. The summed E-state index contributed by atoms with van der Waals surface area (Å²) < 4.78 is 0. The van der Waals surface area contributed by atoms with E-state index in [1.807, 2.05) is 18.2 Å². The molecule has 0 aliphatic rings. The Balaban J connectivity index is 0.00000144. The maximum Gasteiger partial charge on any atom is 0.252 e. The summed E-state index contributed by atoms with van der Waals surface area (Å²) in [6.45, 7) is -0.130. The molecule has 0 saturated heterocycles. The van der Waals surface area contributed by atoms with E-state index in [0.29, 0.717) is 0 Å². The number of nitrogens with two attached hydrogens (primary N) is 1. The van der Waals surface area contributed by atoms with Crippen LogP contribution in [0.2, 0.25) is 0 Å². The van der Waals surface area contributed by atoms with E-state index in [2.05, 4.69) is 10.2 Å². The molecule has 0 radical (unpaired) electrons. The number of para-hydroxylation sites is 1. The predicted octanol–water partition coefficient (Wildman–Crippen LogP) is 1.09. The molecular formula is C8H11BrN2O2. The van der Waals surface area contributed by atoms with Gasteiger partial charge in [0.05, 0.1) is 0 Å². The Morgan fingerprint density at radius 1 is 1.38 bits per heavy atom. The van der Waals surface area contributed by atoms with Crippen LogP contribution < -0.4 is 11.2 Å². The molecule has 0 spiro atoms. The molecule has 5 heteroatoms. The van der Waals surface area contributed by atoms with Crippen LogP contribution in [0.1, 0.15) is 0 Å². The second-order valence-electron chi connectivity index (χ2n) is 2.23. The highest BCUT2D eigenvalue weighted by molar-refractivity contribution is 8.93. The Morgan fingerprint density at radius 2 is 2.00 bits per heavy atom. The van der Waals surface area contributed by atoms with Gasteiger partial charge in [-0.1, -0.05) is 18.2 Å². The zero-order chi connectivity index (χ0) is 8.81. The van der Waals surface area contributed by atoms with Gasteiger partial charge in [-0.2, -0.15) is 0 Å². The van der Waals surface area contributed by atoms with E-state index in [9.17, 15) is 4.79 Å². The molecule has 1 amide bonds. The first-order chi connectivity index (χ1) is 5.83. The van der Waals surface area contributed by atoms with Gasteiger partial charge in [-0.15, -0.1) is 17.0 Å². The Kier molecular flexibility index (Phi) is 6.13. The highest BCUT2D eigenvalue weighted by atomic mass is 79.9. The molecule has 0 saturated carbocycles. The van der Waals surface area contributed by atoms with E-state index >= 15 is 0 Å². The molecule has 0 fully saturated rings. The Labute approximate surface area is 86.8 Å². The first-order valence-electron chi connectivity index (χ1n) is 3.49. The minimum absolute atomic E-state index is 0. The molecule has 1 rings (SSSR count). The first-order valence-corrected chi connectivity index (χ1v) is 3.49. The largest absolute Gasteiger partial charge is 0.324 e. The first kappa shape index (κ1) is 12.1. The quantitative estimate of drug-likeness (QED) is 0.786. The van der Waals surface area contributed by atoms with Crippen LogP contribution >= 0.6 is 17.0 Å². The maximum absolute atomic E-state index is 10.9. The van der Waals surface area contributed by atoms with Gasteiger partial charge in [-0.05, 0) is 12.1 Å². The second kappa shape index (κ2) is 6.59. The van der Waals surface area contributed by atoms with Crippen LogP contribution in [0, 0.1) is 0 Å². The van der Waals surface area contributed by atoms with Crippen LogP contribution in [-0.4, -0.2) is 12.5 Å². The highest BCUT2D eigenvalue weighted by Gasteiger charge is 1.99. The van der Waals surface area contributed by atoms with Gasteiger partial charge in [0.25, 0.3) is 5.91 Å². The summed E-state index contributed by atoms with van der Waals surface area (Å²) in [4.78, 5) is 15.1. The van der Waals surface area contributed by atoms with Gasteiger partial charge in [-0.25, -0.2) is 5.90 Å². The lowest BCUT2D eigenvalue weighted by Crippen LogP contribution is -2.20. The zero-order valence-electron chi connectivity index (χ0n) is 6.90. The molecule has 0 atom stereocenters. The number of carbonyl (C=O) groups excluding carboxylic acids is 1. The van der Waals surface area contributed by atoms with Crippen LogP contribution in [-0.2, 0) is 9.63 Å². The molecule has 1 aromatic carbocycles. The predicted molar refractivity (Wildman–Crippen MR) is 55.5 cm³/mol. The number of anilines is 1. The van der Waals surface area contributed by atoms with Gasteiger partial charge in [0.2, 0.25) is 0 Å². The van der Waals surface area contributed by atoms with Crippen LogP contribution in [0.4, 0.5) is 5.69 Å². The summed E-state index contributed by atoms with van der Waals surface area (Å²) in [5.74, 6) is 4.46. The van der Waals surface area contributed by atoms with Crippen molar-refractivity contribution in [2.75, 3.05) is 11.9 Å². The Hall–Kier alpha value is -0.910. The molecule has 72 valence electrons. The van der Waals surface area contributed by atoms with Crippen molar-refractivity contribution in [3.63, 3.8) is 0 Å². The number of nitrogens with one attached hydrogen (secondary N) is 1. The van der Waals surface area contributed by atoms with Crippen molar-refractivity contribution in [3.05, 3.63) is 30.3 Å². The van der Waals surface area contributed by atoms with Crippen molar-refractivity contribution < 1.29 is 9.63 Å².